The second-order valence-corrected chi connectivity index (χ2v) is 8.85. The molecular formula is C19H23N6O8P. The molecule has 0 aliphatic carbocycles. The largest absolute Gasteiger partial charge is 0.480 e. The topological polar surface area (TPSA) is 182 Å². The van der Waals surface area contributed by atoms with Crippen LogP contribution in [0.2, 0.25) is 0 Å². The van der Waals surface area contributed by atoms with E-state index in [0.29, 0.717) is 11.2 Å². The summed E-state index contributed by atoms with van der Waals surface area (Å²) in [5.41, 5.74) is 6.52. The summed E-state index contributed by atoms with van der Waals surface area (Å²) < 4.78 is 42.4. The SMILES string of the molecule is COc1nc(N)nc2c1ncn2[C@H]1CO[C@@H](COP(=O)(N[C@@H](C)C(=O)O)Oc2ccccc2)O1. The molecule has 4 rings (SSSR count). The third kappa shape index (κ3) is 5.26. The molecular weight excluding hydrogens is 471 g/mol. The van der Waals surface area contributed by atoms with Gasteiger partial charge in [0.2, 0.25) is 11.8 Å². The maximum atomic E-state index is 13.3. The number of carbonyl (C=O) groups is 1. The molecule has 1 aromatic carbocycles. The molecule has 4 N–H and O–H groups in total. The van der Waals surface area contributed by atoms with Gasteiger partial charge in [-0.1, -0.05) is 18.2 Å². The van der Waals surface area contributed by atoms with Crippen LogP contribution in [-0.4, -0.2) is 63.3 Å². The summed E-state index contributed by atoms with van der Waals surface area (Å²) in [7, 11) is -2.66. The van der Waals surface area contributed by atoms with Gasteiger partial charge in [-0.3, -0.25) is 13.9 Å². The third-order valence-electron chi connectivity index (χ3n) is 4.72. The first-order valence-electron chi connectivity index (χ1n) is 10.1. The van der Waals surface area contributed by atoms with E-state index in [4.69, 9.17) is 29.0 Å². The Bertz CT molecular complexity index is 1210. The fraction of sp³-hybridized carbons (Fsp3) is 0.368. The van der Waals surface area contributed by atoms with Crippen molar-refractivity contribution in [3.05, 3.63) is 36.7 Å². The molecule has 34 heavy (non-hydrogen) atoms. The molecule has 0 bridgehead atoms. The minimum absolute atomic E-state index is 0.00234. The summed E-state index contributed by atoms with van der Waals surface area (Å²) in [6.45, 7) is 1.11. The van der Waals surface area contributed by atoms with Gasteiger partial charge in [-0.15, -0.1) is 0 Å². The number of nitrogen functional groups attached to an aromatic ring is 1. The van der Waals surface area contributed by atoms with Gasteiger partial charge in [0.25, 0.3) is 0 Å². The van der Waals surface area contributed by atoms with Crippen LogP contribution in [0.1, 0.15) is 13.2 Å². The number of fused-ring (bicyclic) bond motifs is 1. The van der Waals surface area contributed by atoms with E-state index >= 15 is 0 Å². The van der Waals surface area contributed by atoms with Crippen LogP contribution in [0.25, 0.3) is 11.2 Å². The van der Waals surface area contributed by atoms with E-state index in [1.807, 2.05) is 0 Å². The number of hydrogen-bond acceptors (Lipinski definition) is 11. The van der Waals surface area contributed by atoms with Gasteiger partial charge in [-0.05, 0) is 19.1 Å². The number of nitrogens with one attached hydrogen (secondary N) is 1. The Balaban J connectivity index is 1.45. The fourth-order valence-electron chi connectivity index (χ4n) is 3.10. The second kappa shape index (κ2) is 9.91. The van der Waals surface area contributed by atoms with Crippen molar-refractivity contribution in [1.82, 2.24) is 24.6 Å². The molecule has 1 unspecified atom stereocenters. The Morgan fingerprint density at radius 1 is 1.38 bits per heavy atom. The molecule has 182 valence electrons. The van der Waals surface area contributed by atoms with Crippen LogP contribution in [-0.2, 0) is 23.4 Å². The van der Waals surface area contributed by atoms with Crippen molar-refractivity contribution < 1.29 is 37.7 Å². The molecule has 2 aromatic heterocycles. The molecule has 15 heteroatoms. The van der Waals surface area contributed by atoms with Crippen LogP contribution >= 0.6 is 7.75 Å². The van der Waals surface area contributed by atoms with Gasteiger partial charge in [0.1, 0.15) is 18.4 Å². The van der Waals surface area contributed by atoms with Crippen LogP contribution in [0, 0.1) is 0 Å². The quantitative estimate of drug-likeness (QED) is 0.346. The van der Waals surface area contributed by atoms with Gasteiger partial charge in [-0.25, -0.2) is 9.55 Å². The van der Waals surface area contributed by atoms with E-state index in [2.05, 4.69) is 20.0 Å². The predicted molar refractivity (Wildman–Crippen MR) is 117 cm³/mol. The van der Waals surface area contributed by atoms with Crippen LogP contribution in [0.5, 0.6) is 11.6 Å². The van der Waals surface area contributed by atoms with Gasteiger partial charge in [0.15, 0.2) is 23.7 Å². The number of benzene rings is 1. The number of ether oxygens (including phenoxy) is 3. The standard InChI is InChI=1S/C19H23N6O8P/c1-11(18(26)27)24-34(28,33-12-6-4-3-5-7-12)31-9-14-30-8-13(32-14)25-10-21-15-16(25)22-19(20)23-17(15)29-2/h3-7,10-11,13-14H,8-9H2,1-2H3,(H,24,28)(H,26,27)(H2,20,22,23)/t11-,13+,14+,34?/m0/s1. The average molecular weight is 494 g/mol. The Morgan fingerprint density at radius 2 is 2.15 bits per heavy atom. The predicted octanol–water partition coefficient (Wildman–Crippen LogP) is 1.55. The third-order valence-corrected chi connectivity index (χ3v) is 6.36. The molecule has 3 aromatic rings. The first-order valence-corrected chi connectivity index (χ1v) is 11.6. The first kappa shape index (κ1) is 23.9. The summed E-state index contributed by atoms with van der Waals surface area (Å²) in [5, 5.41) is 11.6. The number of para-hydroxylation sites is 1. The van der Waals surface area contributed by atoms with E-state index in [1.165, 1.54) is 20.4 Å². The Hall–Kier alpha value is -3.29. The van der Waals surface area contributed by atoms with E-state index < -0.39 is 32.3 Å². The van der Waals surface area contributed by atoms with Gasteiger partial charge < -0.3 is 29.6 Å². The molecule has 1 aliphatic heterocycles. The molecule has 0 amide bonds. The number of imidazole rings is 1. The van der Waals surface area contributed by atoms with Gasteiger partial charge in [0.05, 0.1) is 20.0 Å². The number of nitrogens with zero attached hydrogens (tertiary/aromatic N) is 4. The molecule has 14 nitrogen and oxygen atoms in total. The fourth-order valence-corrected chi connectivity index (χ4v) is 4.58. The van der Waals surface area contributed by atoms with Crippen molar-refractivity contribution in [2.75, 3.05) is 26.1 Å². The molecule has 1 aliphatic rings. The summed E-state index contributed by atoms with van der Waals surface area (Å²) in [6.07, 6.45) is -0.0889. The highest BCUT2D eigenvalue weighted by molar-refractivity contribution is 7.52. The highest BCUT2D eigenvalue weighted by Crippen LogP contribution is 2.45. The molecule has 3 heterocycles. The smallest absolute Gasteiger partial charge is 0.459 e. The minimum atomic E-state index is -4.10. The van der Waals surface area contributed by atoms with Crippen molar-refractivity contribution in [3.63, 3.8) is 0 Å². The molecule has 0 radical (unpaired) electrons. The average Bonchev–Trinajstić information content (AvgIpc) is 3.44. The van der Waals surface area contributed by atoms with Crippen LogP contribution < -0.4 is 20.1 Å². The number of carboxylic acid groups (broad SMARTS) is 1. The molecule has 0 spiro atoms. The molecule has 1 saturated heterocycles. The van der Waals surface area contributed by atoms with E-state index in [1.54, 1.807) is 34.9 Å². The number of carboxylic acids is 1. The first-order chi connectivity index (χ1) is 16.3. The van der Waals surface area contributed by atoms with Crippen LogP contribution in [0.4, 0.5) is 5.95 Å². The maximum absolute atomic E-state index is 13.3. The molecule has 1 fully saturated rings. The Labute approximate surface area is 193 Å². The van der Waals surface area contributed by atoms with Crippen LogP contribution in [0.15, 0.2) is 36.7 Å². The van der Waals surface area contributed by atoms with E-state index in [0.717, 1.165) is 0 Å². The number of anilines is 1. The lowest BCUT2D eigenvalue weighted by atomic mass is 10.3. The summed E-state index contributed by atoms with van der Waals surface area (Å²) in [5.74, 6) is -0.768. The van der Waals surface area contributed by atoms with Gasteiger partial charge in [0, 0.05) is 0 Å². The second-order valence-electron chi connectivity index (χ2n) is 7.16. The maximum Gasteiger partial charge on any atom is 0.459 e. The Morgan fingerprint density at radius 3 is 2.85 bits per heavy atom. The van der Waals surface area contributed by atoms with Crippen molar-refractivity contribution >= 4 is 30.8 Å². The van der Waals surface area contributed by atoms with E-state index in [9.17, 15) is 14.5 Å². The monoisotopic (exact) mass is 494 g/mol. The van der Waals surface area contributed by atoms with Crippen molar-refractivity contribution in [2.24, 2.45) is 0 Å². The summed E-state index contributed by atoms with van der Waals surface area (Å²) >= 11 is 0. The summed E-state index contributed by atoms with van der Waals surface area (Å²) in [4.78, 5) is 23.7. The van der Waals surface area contributed by atoms with E-state index in [-0.39, 0.29) is 30.8 Å². The number of aromatic nitrogens is 4. The number of hydrogen-bond donors (Lipinski definition) is 3. The van der Waals surface area contributed by atoms with Crippen molar-refractivity contribution in [2.45, 2.75) is 25.5 Å². The minimum Gasteiger partial charge on any atom is -0.480 e. The highest BCUT2D eigenvalue weighted by atomic mass is 31.2. The molecule has 0 saturated carbocycles. The van der Waals surface area contributed by atoms with Crippen molar-refractivity contribution in [1.29, 1.82) is 0 Å². The van der Waals surface area contributed by atoms with Crippen LogP contribution in [0.3, 0.4) is 0 Å². The lowest BCUT2D eigenvalue weighted by Crippen LogP contribution is -2.34. The van der Waals surface area contributed by atoms with Gasteiger partial charge >= 0.3 is 13.7 Å². The van der Waals surface area contributed by atoms with Crippen molar-refractivity contribution in [3.8, 4) is 11.6 Å². The zero-order chi connectivity index (χ0) is 24.3. The van der Waals surface area contributed by atoms with Gasteiger partial charge in [-0.2, -0.15) is 15.1 Å². The highest BCUT2D eigenvalue weighted by Gasteiger charge is 2.36. The lowest BCUT2D eigenvalue weighted by molar-refractivity contribution is -0.138. The number of methoxy groups -OCH3 is 1. The number of nitrogens with two attached hydrogens (primary N) is 1. The molecule has 4 atom stereocenters. The Kier molecular flexibility index (Phi) is 6.95. The zero-order valence-electron chi connectivity index (χ0n) is 18.2. The number of rotatable bonds is 10. The number of aliphatic carboxylic acids is 1. The normalized spacial score (nSPS) is 20.6. The lowest BCUT2D eigenvalue weighted by Gasteiger charge is -2.23. The zero-order valence-corrected chi connectivity index (χ0v) is 19.1. The summed E-state index contributed by atoms with van der Waals surface area (Å²) in [6, 6.07) is 7.02.